The number of aromatic nitrogens is 1. The number of para-hydroxylation sites is 1. The average Bonchev–Trinajstić information content (AvgIpc) is 3.64. The molecule has 1 heterocycles. The van der Waals surface area contributed by atoms with Gasteiger partial charge >= 0.3 is 0 Å². The summed E-state index contributed by atoms with van der Waals surface area (Å²) in [5.74, 6) is 0. The lowest BCUT2D eigenvalue weighted by molar-refractivity contribution is 0.660. The Morgan fingerprint density at radius 1 is 0.431 bits per heavy atom. The molecule has 9 aromatic rings. The van der Waals surface area contributed by atoms with Gasteiger partial charge in [-0.1, -0.05) is 135 Å². The van der Waals surface area contributed by atoms with Crippen LogP contribution >= 0.6 is 0 Å². The lowest BCUT2D eigenvalue weighted by Gasteiger charge is -2.28. The predicted molar refractivity (Wildman–Crippen MR) is 216 cm³/mol. The lowest BCUT2D eigenvalue weighted by Crippen LogP contribution is -2.16. The van der Waals surface area contributed by atoms with Gasteiger partial charge in [0.1, 0.15) is 0 Å². The van der Waals surface area contributed by atoms with E-state index in [-0.39, 0.29) is 5.41 Å². The van der Waals surface area contributed by atoms with Crippen molar-refractivity contribution < 1.29 is 0 Å². The fourth-order valence-corrected chi connectivity index (χ4v) is 8.48. The summed E-state index contributed by atoms with van der Waals surface area (Å²) in [4.78, 5) is 2.43. The van der Waals surface area contributed by atoms with Gasteiger partial charge in [-0.3, -0.25) is 0 Å². The SMILES string of the molecule is CC1(C)c2ccccc2-c2ccc(N(c3ccc(-c4ccccc4)cc3)c3ccc4c(c3)c3c5ccccc5ccc3n4-c3ccccc3)cc21. The maximum absolute atomic E-state index is 2.43. The first-order valence-electron chi connectivity index (χ1n) is 17.8. The van der Waals surface area contributed by atoms with Gasteiger partial charge in [-0.2, -0.15) is 0 Å². The molecule has 0 N–H and O–H groups in total. The van der Waals surface area contributed by atoms with Crippen LogP contribution in [0.15, 0.2) is 182 Å². The second-order valence-corrected chi connectivity index (χ2v) is 14.2. The van der Waals surface area contributed by atoms with Crippen molar-refractivity contribution in [3.63, 3.8) is 0 Å². The van der Waals surface area contributed by atoms with Crippen molar-refractivity contribution in [2.24, 2.45) is 0 Å². The van der Waals surface area contributed by atoms with Crippen molar-refractivity contribution in [3.8, 4) is 27.9 Å². The number of hydrogen-bond donors (Lipinski definition) is 0. The maximum Gasteiger partial charge on any atom is 0.0547 e. The Morgan fingerprint density at radius 3 is 1.86 bits per heavy atom. The summed E-state index contributed by atoms with van der Waals surface area (Å²) in [5, 5.41) is 5.03. The largest absolute Gasteiger partial charge is 0.310 e. The lowest BCUT2D eigenvalue weighted by atomic mass is 9.82. The van der Waals surface area contributed by atoms with Crippen molar-refractivity contribution in [2.45, 2.75) is 19.3 Å². The van der Waals surface area contributed by atoms with E-state index < -0.39 is 0 Å². The number of anilines is 3. The average molecular weight is 653 g/mol. The van der Waals surface area contributed by atoms with Crippen LogP contribution in [0, 0.1) is 0 Å². The summed E-state index contributed by atoms with van der Waals surface area (Å²) in [6, 6.07) is 66.6. The summed E-state index contributed by atoms with van der Waals surface area (Å²) in [7, 11) is 0. The summed E-state index contributed by atoms with van der Waals surface area (Å²) >= 11 is 0. The molecule has 0 fully saturated rings. The van der Waals surface area contributed by atoms with Crippen LogP contribution in [-0.2, 0) is 5.41 Å². The Balaban J connectivity index is 1.22. The van der Waals surface area contributed by atoms with E-state index in [1.165, 1.54) is 66.0 Å². The fourth-order valence-electron chi connectivity index (χ4n) is 8.48. The maximum atomic E-state index is 2.43. The third-order valence-electron chi connectivity index (χ3n) is 11.0. The topological polar surface area (TPSA) is 8.17 Å². The molecule has 2 heteroatoms. The predicted octanol–water partition coefficient (Wildman–Crippen LogP) is 13.4. The van der Waals surface area contributed by atoms with Crippen molar-refractivity contribution in [3.05, 3.63) is 193 Å². The molecule has 0 spiro atoms. The molecule has 0 amide bonds. The number of rotatable bonds is 5. The van der Waals surface area contributed by atoms with Gasteiger partial charge in [-0.25, -0.2) is 0 Å². The van der Waals surface area contributed by atoms with E-state index in [2.05, 4.69) is 205 Å². The minimum Gasteiger partial charge on any atom is -0.310 e. The van der Waals surface area contributed by atoms with Crippen LogP contribution < -0.4 is 4.90 Å². The molecule has 10 rings (SSSR count). The van der Waals surface area contributed by atoms with Crippen molar-refractivity contribution in [2.75, 3.05) is 4.90 Å². The number of hydrogen-bond acceptors (Lipinski definition) is 1. The third kappa shape index (κ3) is 4.57. The highest BCUT2D eigenvalue weighted by molar-refractivity contribution is 6.22. The van der Waals surface area contributed by atoms with Crippen LogP contribution in [0.2, 0.25) is 0 Å². The van der Waals surface area contributed by atoms with E-state index in [1.54, 1.807) is 0 Å². The number of fused-ring (bicyclic) bond motifs is 8. The summed E-state index contributed by atoms with van der Waals surface area (Å²) < 4.78 is 2.41. The van der Waals surface area contributed by atoms with Crippen LogP contribution in [0.25, 0.3) is 60.5 Å². The van der Waals surface area contributed by atoms with Gasteiger partial charge in [0.15, 0.2) is 0 Å². The second kappa shape index (κ2) is 11.3. The Labute approximate surface area is 298 Å². The molecule has 0 unspecified atom stereocenters. The minimum absolute atomic E-state index is 0.100. The highest BCUT2D eigenvalue weighted by atomic mass is 15.1. The molecular weight excluding hydrogens is 617 g/mol. The van der Waals surface area contributed by atoms with Gasteiger partial charge in [0.2, 0.25) is 0 Å². The molecule has 0 aliphatic heterocycles. The zero-order valence-electron chi connectivity index (χ0n) is 28.7. The fraction of sp³-hybridized carbons (Fsp3) is 0.0612. The van der Waals surface area contributed by atoms with Gasteiger partial charge < -0.3 is 9.47 Å². The Hall–Kier alpha value is -6.38. The molecule has 0 saturated carbocycles. The first-order chi connectivity index (χ1) is 25.1. The zero-order valence-corrected chi connectivity index (χ0v) is 28.7. The summed E-state index contributed by atoms with van der Waals surface area (Å²) in [6.07, 6.45) is 0. The van der Waals surface area contributed by atoms with Crippen molar-refractivity contribution >= 4 is 49.6 Å². The molecule has 0 atom stereocenters. The van der Waals surface area contributed by atoms with Crippen LogP contribution in [-0.4, -0.2) is 4.57 Å². The highest BCUT2D eigenvalue weighted by Gasteiger charge is 2.35. The molecule has 1 aromatic heterocycles. The van der Waals surface area contributed by atoms with Crippen molar-refractivity contribution in [1.82, 2.24) is 4.57 Å². The van der Waals surface area contributed by atoms with Gasteiger partial charge in [-0.15, -0.1) is 0 Å². The normalized spacial score (nSPS) is 13.1. The van der Waals surface area contributed by atoms with E-state index in [4.69, 9.17) is 0 Å². The first kappa shape index (κ1) is 29.5. The van der Waals surface area contributed by atoms with E-state index in [0.29, 0.717) is 0 Å². The van der Waals surface area contributed by atoms with Crippen LogP contribution in [0.4, 0.5) is 17.1 Å². The molecule has 0 radical (unpaired) electrons. The molecule has 2 nitrogen and oxygen atoms in total. The first-order valence-corrected chi connectivity index (χ1v) is 17.8. The number of benzene rings is 8. The molecule has 0 saturated heterocycles. The summed E-state index contributed by atoms with van der Waals surface area (Å²) in [5.41, 5.74) is 14.7. The van der Waals surface area contributed by atoms with Gasteiger partial charge in [0, 0.05) is 38.9 Å². The zero-order chi connectivity index (χ0) is 34.1. The van der Waals surface area contributed by atoms with Crippen molar-refractivity contribution in [1.29, 1.82) is 0 Å². The van der Waals surface area contributed by atoms with Gasteiger partial charge in [-0.05, 0) is 105 Å². The standard InChI is InChI=1S/C49H36N2/c1-49(2)44-20-12-11-19-41(44)42-28-26-39(32-45(42)49)50(37-24-21-34(22-25-37)33-13-5-3-6-14-33)38-27-30-46-43(31-38)48-40-18-10-9-15-35(40)23-29-47(48)51(46)36-16-7-4-8-17-36/h3-32H,1-2H3. The van der Waals surface area contributed by atoms with Gasteiger partial charge in [0.05, 0.1) is 11.0 Å². The van der Waals surface area contributed by atoms with E-state index in [0.717, 1.165) is 22.7 Å². The Bertz CT molecular complexity index is 2750. The highest BCUT2D eigenvalue weighted by Crippen LogP contribution is 2.51. The number of nitrogens with zero attached hydrogens (tertiary/aromatic N) is 2. The molecule has 1 aliphatic rings. The quantitative estimate of drug-likeness (QED) is 0.180. The second-order valence-electron chi connectivity index (χ2n) is 14.2. The monoisotopic (exact) mass is 652 g/mol. The molecule has 0 bridgehead atoms. The van der Waals surface area contributed by atoms with E-state index in [1.807, 2.05) is 0 Å². The van der Waals surface area contributed by atoms with E-state index in [9.17, 15) is 0 Å². The summed E-state index contributed by atoms with van der Waals surface area (Å²) in [6.45, 7) is 4.71. The Morgan fingerprint density at radius 2 is 1.04 bits per heavy atom. The van der Waals surface area contributed by atoms with Crippen LogP contribution in [0.1, 0.15) is 25.0 Å². The van der Waals surface area contributed by atoms with E-state index >= 15 is 0 Å². The molecule has 1 aliphatic carbocycles. The Kier molecular flexibility index (Phi) is 6.56. The van der Waals surface area contributed by atoms with Crippen LogP contribution in [0.5, 0.6) is 0 Å². The molecule has 51 heavy (non-hydrogen) atoms. The van der Waals surface area contributed by atoms with Gasteiger partial charge in [0.25, 0.3) is 0 Å². The molecule has 8 aromatic carbocycles. The molecule has 242 valence electrons. The van der Waals surface area contributed by atoms with Crippen LogP contribution in [0.3, 0.4) is 0 Å². The minimum atomic E-state index is -0.100. The third-order valence-corrected chi connectivity index (χ3v) is 11.0. The molecular formula is C49H36N2. The smallest absolute Gasteiger partial charge is 0.0547 e.